The van der Waals surface area contributed by atoms with Crippen molar-refractivity contribution in [3.05, 3.63) is 29.3 Å². The fourth-order valence-corrected chi connectivity index (χ4v) is 1.57. The van der Waals surface area contributed by atoms with Crippen LogP contribution in [0.25, 0.3) is 0 Å². The summed E-state index contributed by atoms with van der Waals surface area (Å²) in [5.74, 6) is 0.880. The molecular weight excluding hydrogens is 226 g/mol. The number of nitrogens with zero attached hydrogens (tertiary/aromatic N) is 1. The van der Waals surface area contributed by atoms with E-state index < -0.39 is 5.37 Å². The minimum Gasteiger partial charge on any atom is -0.496 e. The SMILES string of the molecule is COc1ccc(CCN(C)C(=O)Cl)cc1C. The molecule has 16 heavy (non-hydrogen) atoms. The van der Waals surface area contributed by atoms with Crippen LogP contribution in [0, 0.1) is 6.92 Å². The van der Waals surface area contributed by atoms with Crippen molar-refractivity contribution < 1.29 is 9.53 Å². The number of amides is 1. The van der Waals surface area contributed by atoms with Crippen LogP contribution in [0.2, 0.25) is 0 Å². The maximum Gasteiger partial charge on any atom is 0.316 e. The summed E-state index contributed by atoms with van der Waals surface area (Å²) < 4.78 is 5.18. The van der Waals surface area contributed by atoms with Crippen LogP contribution in [0.5, 0.6) is 5.75 Å². The van der Waals surface area contributed by atoms with Gasteiger partial charge in [-0.25, -0.2) is 0 Å². The zero-order valence-corrected chi connectivity index (χ0v) is 10.5. The average Bonchev–Trinajstić information content (AvgIpc) is 2.25. The number of benzene rings is 1. The molecule has 0 unspecified atom stereocenters. The number of carbonyl (C=O) groups is 1. The van der Waals surface area contributed by atoms with E-state index in [-0.39, 0.29) is 0 Å². The van der Waals surface area contributed by atoms with Gasteiger partial charge in [0.25, 0.3) is 0 Å². The van der Waals surface area contributed by atoms with Crippen molar-refractivity contribution in [2.24, 2.45) is 0 Å². The number of carbonyl (C=O) groups excluding carboxylic acids is 1. The van der Waals surface area contributed by atoms with E-state index in [1.54, 1.807) is 14.2 Å². The van der Waals surface area contributed by atoms with Gasteiger partial charge in [-0.1, -0.05) is 12.1 Å². The quantitative estimate of drug-likeness (QED) is 0.599. The molecule has 0 bridgehead atoms. The molecule has 0 N–H and O–H groups in total. The lowest BCUT2D eigenvalue weighted by molar-refractivity contribution is 0.232. The molecule has 0 spiro atoms. The van der Waals surface area contributed by atoms with E-state index in [1.165, 1.54) is 10.5 Å². The Labute approximate surface area is 101 Å². The Kier molecular flexibility index (Phi) is 4.62. The Morgan fingerprint density at radius 3 is 2.69 bits per heavy atom. The summed E-state index contributed by atoms with van der Waals surface area (Å²) in [6.45, 7) is 2.62. The number of methoxy groups -OCH3 is 1. The second kappa shape index (κ2) is 5.75. The van der Waals surface area contributed by atoms with Crippen molar-refractivity contribution in [3.63, 3.8) is 0 Å². The maximum absolute atomic E-state index is 10.8. The first kappa shape index (κ1) is 12.8. The lowest BCUT2D eigenvalue weighted by Gasteiger charge is -2.13. The highest BCUT2D eigenvalue weighted by molar-refractivity contribution is 6.62. The Morgan fingerprint density at radius 2 is 2.19 bits per heavy atom. The van der Waals surface area contributed by atoms with Gasteiger partial charge in [-0.05, 0) is 42.1 Å². The number of halogens is 1. The monoisotopic (exact) mass is 241 g/mol. The number of ether oxygens (including phenoxy) is 1. The molecule has 88 valence electrons. The molecular formula is C12H16ClNO2. The van der Waals surface area contributed by atoms with Crippen LogP contribution >= 0.6 is 11.6 Å². The summed E-state index contributed by atoms with van der Waals surface area (Å²) >= 11 is 5.34. The van der Waals surface area contributed by atoms with E-state index in [4.69, 9.17) is 16.3 Å². The molecule has 0 radical (unpaired) electrons. The summed E-state index contributed by atoms with van der Waals surface area (Å²) in [5, 5.41) is -0.426. The molecule has 1 rings (SSSR count). The van der Waals surface area contributed by atoms with E-state index >= 15 is 0 Å². The fourth-order valence-electron chi connectivity index (χ4n) is 1.48. The van der Waals surface area contributed by atoms with Crippen molar-refractivity contribution in [2.45, 2.75) is 13.3 Å². The van der Waals surface area contributed by atoms with Gasteiger partial charge in [0.05, 0.1) is 7.11 Å². The lowest BCUT2D eigenvalue weighted by Crippen LogP contribution is -2.23. The Bertz CT molecular complexity index is 379. The van der Waals surface area contributed by atoms with Gasteiger partial charge in [0.1, 0.15) is 5.75 Å². The molecule has 0 atom stereocenters. The molecule has 0 saturated heterocycles. The summed E-state index contributed by atoms with van der Waals surface area (Å²) in [7, 11) is 3.34. The van der Waals surface area contributed by atoms with Crippen molar-refractivity contribution >= 4 is 17.0 Å². The summed E-state index contributed by atoms with van der Waals surface area (Å²) in [4.78, 5) is 12.3. The largest absolute Gasteiger partial charge is 0.496 e. The van der Waals surface area contributed by atoms with Crippen LogP contribution in [0.4, 0.5) is 4.79 Å². The number of aryl methyl sites for hydroxylation is 1. The molecule has 0 heterocycles. The zero-order chi connectivity index (χ0) is 12.1. The summed E-state index contributed by atoms with van der Waals surface area (Å²) in [5.41, 5.74) is 2.27. The average molecular weight is 242 g/mol. The highest BCUT2D eigenvalue weighted by Crippen LogP contribution is 2.18. The van der Waals surface area contributed by atoms with Gasteiger partial charge < -0.3 is 9.64 Å². The van der Waals surface area contributed by atoms with Gasteiger partial charge in [-0.3, -0.25) is 4.79 Å². The molecule has 1 aromatic carbocycles. The molecule has 0 aliphatic carbocycles. The zero-order valence-electron chi connectivity index (χ0n) is 9.79. The van der Waals surface area contributed by atoms with Gasteiger partial charge in [0.2, 0.25) is 0 Å². The van der Waals surface area contributed by atoms with Crippen molar-refractivity contribution in [2.75, 3.05) is 20.7 Å². The molecule has 0 saturated carbocycles. The van der Waals surface area contributed by atoms with Crippen LogP contribution in [0.3, 0.4) is 0 Å². The number of hydrogen-bond donors (Lipinski definition) is 0. The van der Waals surface area contributed by atoms with E-state index in [0.717, 1.165) is 17.7 Å². The van der Waals surface area contributed by atoms with Crippen LogP contribution in [-0.2, 0) is 6.42 Å². The van der Waals surface area contributed by atoms with E-state index in [1.807, 2.05) is 19.1 Å². The predicted octanol–water partition coefficient (Wildman–Crippen LogP) is 2.84. The third-order valence-corrected chi connectivity index (χ3v) is 2.78. The molecule has 0 fully saturated rings. The van der Waals surface area contributed by atoms with Crippen LogP contribution < -0.4 is 4.74 Å². The van der Waals surface area contributed by atoms with Crippen molar-refractivity contribution in [1.29, 1.82) is 0 Å². The molecule has 0 aliphatic heterocycles. The Balaban J connectivity index is 2.62. The number of likely N-dealkylation sites (N-methyl/N-ethyl adjacent to an activating group) is 1. The second-order valence-corrected chi connectivity index (χ2v) is 4.05. The molecule has 3 nitrogen and oxygen atoms in total. The first-order chi connectivity index (χ1) is 7.54. The molecule has 0 aliphatic rings. The van der Waals surface area contributed by atoms with Crippen molar-refractivity contribution in [3.8, 4) is 5.75 Å². The molecule has 1 amide bonds. The minimum absolute atomic E-state index is 0.426. The number of rotatable bonds is 4. The van der Waals surface area contributed by atoms with Crippen LogP contribution in [0.15, 0.2) is 18.2 Å². The summed E-state index contributed by atoms with van der Waals surface area (Å²) in [6.07, 6.45) is 0.791. The first-order valence-corrected chi connectivity index (χ1v) is 5.46. The highest BCUT2D eigenvalue weighted by Gasteiger charge is 2.05. The van der Waals surface area contributed by atoms with Crippen molar-refractivity contribution in [1.82, 2.24) is 4.90 Å². The Morgan fingerprint density at radius 1 is 1.50 bits per heavy atom. The van der Waals surface area contributed by atoms with Gasteiger partial charge in [-0.15, -0.1) is 0 Å². The minimum atomic E-state index is -0.426. The standard InChI is InChI=1S/C12H16ClNO2/c1-9-8-10(4-5-11(9)16-3)6-7-14(2)12(13)15/h4-5,8H,6-7H2,1-3H3. The normalized spacial score (nSPS) is 10.0. The smallest absolute Gasteiger partial charge is 0.316 e. The maximum atomic E-state index is 10.8. The first-order valence-electron chi connectivity index (χ1n) is 5.08. The number of hydrogen-bond acceptors (Lipinski definition) is 2. The van der Waals surface area contributed by atoms with E-state index in [9.17, 15) is 4.79 Å². The molecule has 0 aromatic heterocycles. The van der Waals surface area contributed by atoms with E-state index in [0.29, 0.717) is 6.54 Å². The van der Waals surface area contributed by atoms with Crippen LogP contribution in [-0.4, -0.2) is 31.0 Å². The summed E-state index contributed by atoms with van der Waals surface area (Å²) in [6, 6.07) is 6.00. The van der Waals surface area contributed by atoms with Crippen LogP contribution in [0.1, 0.15) is 11.1 Å². The Hall–Kier alpha value is -1.22. The molecule has 4 heteroatoms. The third kappa shape index (κ3) is 3.42. The fraction of sp³-hybridized carbons (Fsp3) is 0.417. The topological polar surface area (TPSA) is 29.5 Å². The van der Waals surface area contributed by atoms with Gasteiger partial charge in [0.15, 0.2) is 0 Å². The molecule has 1 aromatic rings. The predicted molar refractivity (Wildman–Crippen MR) is 65.3 cm³/mol. The van der Waals surface area contributed by atoms with Gasteiger partial charge in [0, 0.05) is 13.6 Å². The van der Waals surface area contributed by atoms with Gasteiger partial charge >= 0.3 is 5.37 Å². The third-order valence-electron chi connectivity index (χ3n) is 2.50. The van der Waals surface area contributed by atoms with Gasteiger partial charge in [-0.2, -0.15) is 0 Å². The lowest BCUT2D eigenvalue weighted by atomic mass is 10.1. The second-order valence-electron chi connectivity index (χ2n) is 3.73. The van der Waals surface area contributed by atoms with E-state index in [2.05, 4.69) is 6.07 Å². The highest BCUT2D eigenvalue weighted by atomic mass is 35.5.